The number of esters is 1. The first kappa shape index (κ1) is 16.9. The number of benzene rings is 1. The number of rotatable bonds is 5. The maximum absolute atomic E-state index is 12.1. The third-order valence-corrected chi connectivity index (χ3v) is 4.43. The number of ether oxygens (including phenoxy) is 1. The zero-order valence-electron chi connectivity index (χ0n) is 14.0. The fourth-order valence-electron chi connectivity index (χ4n) is 3.09. The van der Waals surface area contributed by atoms with Crippen molar-refractivity contribution in [1.82, 2.24) is 20.3 Å². The summed E-state index contributed by atoms with van der Waals surface area (Å²) in [5.74, 6) is -1.07. The molecule has 0 radical (unpaired) electrons. The number of carbonyl (C=O) groups excluding carboxylic acids is 2. The van der Waals surface area contributed by atoms with E-state index in [-0.39, 0.29) is 0 Å². The molecule has 1 N–H and O–H groups in total. The van der Waals surface area contributed by atoms with E-state index in [2.05, 4.69) is 21.7 Å². The van der Waals surface area contributed by atoms with Crippen LogP contribution in [0.15, 0.2) is 18.2 Å². The largest absolute Gasteiger partial charge is 0.452 e. The lowest BCUT2D eigenvalue weighted by molar-refractivity contribution is -0.125. The first-order valence-electron chi connectivity index (χ1n) is 8.29. The SMILES string of the molecule is CCn1nnc2cc(C(=O)OCC(=O)NC3(C#N)CCCC3)ccc21. The summed E-state index contributed by atoms with van der Waals surface area (Å²) in [5, 5.41) is 19.9. The summed E-state index contributed by atoms with van der Waals surface area (Å²) >= 11 is 0. The van der Waals surface area contributed by atoms with Gasteiger partial charge in [0.2, 0.25) is 0 Å². The van der Waals surface area contributed by atoms with E-state index in [0.717, 1.165) is 18.4 Å². The highest BCUT2D eigenvalue weighted by molar-refractivity contribution is 5.94. The molecule has 0 spiro atoms. The van der Waals surface area contributed by atoms with Crippen molar-refractivity contribution in [2.75, 3.05) is 6.61 Å². The fourth-order valence-corrected chi connectivity index (χ4v) is 3.09. The van der Waals surface area contributed by atoms with Crippen molar-refractivity contribution in [3.63, 3.8) is 0 Å². The minimum absolute atomic E-state index is 0.305. The number of hydrogen-bond acceptors (Lipinski definition) is 6. The minimum Gasteiger partial charge on any atom is -0.452 e. The Balaban J connectivity index is 1.60. The molecule has 0 aliphatic heterocycles. The van der Waals surface area contributed by atoms with Crippen LogP contribution in [0.1, 0.15) is 43.0 Å². The number of aryl methyl sites for hydroxylation is 1. The number of aromatic nitrogens is 3. The molecule has 130 valence electrons. The molecule has 1 aromatic carbocycles. The van der Waals surface area contributed by atoms with Gasteiger partial charge in [0.05, 0.1) is 17.1 Å². The zero-order valence-corrected chi connectivity index (χ0v) is 14.0. The molecular formula is C17H19N5O3. The second-order valence-electron chi connectivity index (χ2n) is 6.13. The van der Waals surface area contributed by atoms with E-state index in [1.807, 2.05) is 6.92 Å². The van der Waals surface area contributed by atoms with Crippen molar-refractivity contribution >= 4 is 22.9 Å². The molecule has 8 heteroatoms. The molecule has 1 saturated carbocycles. The van der Waals surface area contributed by atoms with Crippen LogP contribution in [0, 0.1) is 11.3 Å². The number of fused-ring (bicyclic) bond motifs is 1. The normalized spacial score (nSPS) is 15.7. The molecule has 0 saturated heterocycles. The van der Waals surface area contributed by atoms with Crippen molar-refractivity contribution in [2.24, 2.45) is 0 Å². The van der Waals surface area contributed by atoms with Crippen molar-refractivity contribution in [1.29, 1.82) is 5.26 Å². The second-order valence-corrected chi connectivity index (χ2v) is 6.13. The van der Waals surface area contributed by atoms with E-state index >= 15 is 0 Å². The minimum atomic E-state index is -0.818. The van der Waals surface area contributed by atoms with Gasteiger partial charge >= 0.3 is 5.97 Å². The van der Waals surface area contributed by atoms with E-state index in [9.17, 15) is 14.9 Å². The molecular weight excluding hydrogens is 322 g/mol. The fraction of sp³-hybridized carbons (Fsp3) is 0.471. The lowest BCUT2D eigenvalue weighted by Gasteiger charge is -2.21. The molecule has 1 aromatic heterocycles. The third kappa shape index (κ3) is 3.45. The second kappa shape index (κ2) is 6.89. The van der Waals surface area contributed by atoms with Crippen molar-refractivity contribution in [3.05, 3.63) is 23.8 Å². The van der Waals surface area contributed by atoms with Crippen LogP contribution < -0.4 is 5.32 Å². The summed E-state index contributed by atoms with van der Waals surface area (Å²) < 4.78 is 6.78. The molecule has 1 aliphatic rings. The summed E-state index contributed by atoms with van der Waals surface area (Å²) in [7, 11) is 0. The average molecular weight is 341 g/mol. The van der Waals surface area contributed by atoms with Gasteiger partial charge < -0.3 is 10.1 Å². The topological polar surface area (TPSA) is 110 Å². The van der Waals surface area contributed by atoms with E-state index in [1.54, 1.807) is 22.9 Å². The van der Waals surface area contributed by atoms with Crippen LogP contribution in [-0.4, -0.2) is 39.0 Å². The van der Waals surface area contributed by atoms with Gasteiger partial charge in [-0.2, -0.15) is 5.26 Å². The molecule has 3 rings (SSSR count). The van der Waals surface area contributed by atoms with Gasteiger partial charge in [-0.25, -0.2) is 9.48 Å². The number of amides is 1. The van der Waals surface area contributed by atoms with Crippen LogP contribution in [0.5, 0.6) is 0 Å². The van der Waals surface area contributed by atoms with Crippen molar-refractivity contribution in [3.8, 4) is 6.07 Å². The number of carbonyl (C=O) groups is 2. The standard InChI is InChI=1S/C17H19N5O3/c1-2-22-14-6-5-12(9-13(14)20-21-22)16(24)25-10-15(23)19-17(11-18)7-3-4-8-17/h5-6,9H,2-4,7-8,10H2,1H3,(H,19,23). The maximum atomic E-state index is 12.1. The Morgan fingerprint density at radius 1 is 1.40 bits per heavy atom. The molecule has 1 fully saturated rings. The summed E-state index contributed by atoms with van der Waals surface area (Å²) in [4.78, 5) is 24.1. The first-order chi connectivity index (χ1) is 12.1. The molecule has 0 atom stereocenters. The van der Waals surface area contributed by atoms with Gasteiger partial charge in [0.25, 0.3) is 5.91 Å². The molecule has 0 unspecified atom stereocenters. The lowest BCUT2D eigenvalue weighted by Crippen LogP contribution is -2.46. The van der Waals surface area contributed by atoms with Crippen LogP contribution in [0.25, 0.3) is 11.0 Å². The molecule has 0 bridgehead atoms. The van der Waals surface area contributed by atoms with E-state index in [0.29, 0.717) is 30.5 Å². The Labute approximate surface area is 144 Å². The Bertz CT molecular complexity index is 846. The highest BCUT2D eigenvalue weighted by atomic mass is 16.5. The number of nitrogens with zero attached hydrogens (tertiary/aromatic N) is 4. The molecule has 1 heterocycles. The van der Waals surface area contributed by atoms with Crippen LogP contribution in [0.3, 0.4) is 0 Å². The van der Waals surface area contributed by atoms with Crippen LogP contribution >= 0.6 is 0 Å². The van der Waals surface area contributed by atoms with E-state index in [1.165, 1.54) is 0 Å². The molecule has 2 aromatic rings. The highest BCUT2D eigenvalue weighted by Crippen LogP contribution is 2.28. The van der Waals surface area contributed by atoms with Gasteiger partial charge in [-0.15, -0.1) is 5.10 Å². The highest BCUT2D eigenvalue weighted by Gasteiger charge is 2.35. The van der Waals surface area contributed by atoms with Gasteiger partial charge in [0.1, 0.15) is 11.1 Å². The van der Waals surface area contributed by atoms with Gasteiger partial charge in [-0.3, -0.25) is 4.79 Å². The molecule has 1 aliphatic carbocycles. The number of nitriles is 1. The third-order valence-electron chi connectivity index (χ3n) is 4.43. The molecule has 8 nitrogen and oxygen atoms in total. The summed E-state index contributed by atoms with van der Waals surface area (Å²) in [5.41, 5.74) is 0.907. The van der Waals surface area contributed by atoms with Crippen molar-refractivity contribution < 1.29 is 14.3 Å². The van der Waals surface area contributed by atoms with Crippen LogP contribution in [-0.2, 0) is 16.1 Å². The summed E-state index contributed by atoms with van der Waals surface area (Å²) in [6.45, 7) is 2.22. The van der Waals surface area contributed by atoms with Crippen molar-refractivity contribution in [2.45, 2.75) is 44.7 Å². The summed E-state index contributed by atoms with van der Waals surface area (Å²) in [6, 6.07) is 7.12. The summed E-state index contributed by atoms with van der Waals surface area (Å²) in [6.07, 6.45) is 3.08. The molecule has 25 heavy (non-hydrogen) atoms. The Kier molecular flexibility index (Phi) is 4.65. The Morgan fingerprint density at radius 2 is 2.16 bits per heavy atom. The first-order valence-corrected chi connectivity index (χ1v) is 8.29. The van der Waals surface area contributed by atoms with Gasteiger partial charge in [0.15, 0.2) is 6.61 Å². The number of hydrogen-bond donors (Lipinski definition) is 1. The predicted octanol–water partition coefficient (Wildman–Crippen LogP) is 1.56. The van der Waals surface area contributed by atoms with Gasteiger partial charge in [-0.05, 0) is 50.8 Å². The lowest BCUT2D eigenvalue weighted by atomic mass is 10.00. The Hall–Kier alpha value is -2.95. The van der Waals surface area contributed by atoms with Gasteiger partial charge in [-0.1, -0.05) is 5.21 Å². The Morgan fingerprint density at radius 3 is 2.84 bits per heavy atom. The number of nitrogens with one attached hydrogen (secondary N) is 1. The molecule has 1 amide bonds. The monoisotopic (exact) mass is 341 g/mol. The quantitative estimate of drug-likeness (QED) is 0.826. The maximum Gasteiger partial charge on any atom is 0.338 e. The van der Waals surface area contributed by atoms with Gasteiger partial charge in [0, 0.05) is 6.54 Å². The van der Waals surface area contributed by atoms with E-state index < -0.39 is 24.0 Å². The van der Waals surface area contributed by atoms with E-state index in [4.69, 9.17) is 4.74 Å². The smallest absolute Gasteiger partial charge is 0.338 e. The van der Waals surface area contributed by atoms with Crippen LogP contribution in [0.4, 0.5) is 0 Å². The predicted molar refractivity (Wildman–Crippen MR) is 88.4 cm³/mol. The van der Waals surface area contributed by atoms with Crippen LogP contribution in [0.2, 0.25) is 0 Å². The average Bonchev–Trinajstić information content (AvgIpc) is 3.26. The zero-order chi connectivity index (χ0) is 17.9.